The molecule has 0 saturated carbocycles. The number of carbonyl (C=O) groups excluding carboxylic acids is 4. The van der Waals surface area contributed by atoms with E-state index in [0.717, 1.165) is 29.9 Å². The van der Waals surface area contributed by atoms with Gasteiger partial charge in [-0.05, 0) is 17.7 Å². The van der Waals surface area contributed by atoms with Crippen LogP contribution in [0.2, 0.25) is 0 Å². The molecule has 0 amide bonds. The van der Waals surface area contributed by atoms with Crippen molar-refractivity contribution in [3.05, 3.63) is 134 Å². The minimum Gasteiger partial charge on any atom is -0.490 e. The van der Waals surface area contributed by atoms with Gasteiger partial charge in [0.05, 0.1) is 0 Å². The fraction of sp³-hybridized carbons (Fsp3) is 0.231. The molecule has 0 saturated heterocycles. The van der Waals surface area contributed by atoms with E-state index in [0.29, 0.717) is 34.1 Å². The lowest BCUT2D eigenvalue weighted by atomic mass is 9.84. The zero-order valence-corrected chi connectivity index (χ0v) is 28.1. The lowest BCUT2D eigenvalue weighted by molar-refractivity contribution is -0.139. The Balaban J connectivity index is 2.04. The average molecular weight is 701 g/mol. The van der Waals surface area contributed by atoms with Gasteiger partial charge in [0.1, 0.15) is 75.9 Å². The largest absolute Gasteiger partial charge is 0.490 e. The van der Waals surface area contributed by atoms with E-state index in [-0.39, 0.29) is 52.9 Å². The SMILES string of the molecule is C=CC(=O)OCCOc1ccc(C(c2ccccc2)c2ccc(OCCOC(=O)C=C)cc2OCCOC(=O)C=C)c(OCCOC(=O)C=C)c1. The van der Waals surface area contributed by atoms with Crippen LogP contribution in [0.25, 0.3) is 0 Å². The van der Waals surface area contributed by atoms with E-state index in [1.807, 2.05) is 42.5 Å². The van der Waals surface area contributed by atoms with Gasteiger partial charge in [-0.2, -0.15) is 0 Å². The van der Waals surface area contributed by atoms with Gasteiger partial charge in [0.2, 0.25) is 0 Å². The normalized spacial score (nSPS) is 10.2. The summed E-state index contributed by atoms with van der Waals surface area (Å²) in [5.74, 6) is -1.12. The molecule has 3 rings (SSSR count). The van der Waals surface area contributed by atoms with E-state index < -0.39 is 29.8 Å². The van der Waals surface area contributed by atoms with Gasteiger partial charge in [-0.3, -0.25) is 0 Å². The molecule has 51 heavy (non-hydrogen) atoms. The van der Waals surface area contributed by atoms with Crippen LogP contribution >= 0.6 is 0 Å². The van der Waals surface area contributed by atoms with E-state index in [1.54, 1.807) is 24.3 Å². The first-order chi connectivity index (χ1) is 24.8. The van der Waals surface area contributed by atoms with Crippen molar-refractivity contribution in [3.8, 4) is 23.0 Å². The predicted molar refractivity (Wildman–Crippen MR) is 187 cm³/mol. The highest BCUT2D eigenvalue weighted by molar-refractivity contribution is 5.82. The van der Waals surface area contributed by atoms with Crippen molar-refractivity contribution in [2.24, 2.45) is 0 Å². The molecule has 0 aliphatic rings. The quantitative estimate of drug-likeness (QED) is 0.0417. The first-order valence-electron chi connectivity index (χ1n) is 15.8. The monoisotopic (exact) mass is 700 g/mol. The number of carbonyl (C=O) groups is 4. The van der Waals surface area contributed by atoms with Crippen molar-refractivity contribution in [2.75, 3.05) is 52.9 Å². The van der Waals surface area contributed by atoms with Crippen LogP contribution in [0.5, 0.6) is 23.0 Å². The first-order valence-corrected chi connectivity index (χ1v) is 15.8. The van der Waals surface area contributed by atoms with Crippen molar-refractivity contribution in [2.45, 2.75) is 5.92 Å². The number of rotatable bonds is 23. The minimum atomic E-state index is -0.589. The van der Waals surface area contributed by atoms with Crippen LogP contribution in [0.15, 0.2) is 117 Å². The molecule has 0 atom stereocenters. The fourth-order valence-electron chi connectivity index (χ4n) is 4.54. The maximum absolute atomic E-state index is 11.7. The van der Waals surface area contributed by atoms with E-state index in [4.69, 9.17) is 37.9 Å². The summed E-state index contributed by atoms with van der Waals surface area (Å²) in [5, 5.41) is 0. The molecule has 0 bridgehead atoms. The van der Waals surface area contributed by atoms with E-state index in [9.17, 15) is 19.2 Å². The van der Waals surface area contributed by atoms with Crippen LogP contribution in [0.1, 0.15) is 22.6 Å². The van der Waals surface area contributed by atoms with Gasteiger partial charge in [0.15, 0.2) is 0 Å². The maximum Gasteiger partial charge on any atom is 0.330 e. The van der Waals surface area contributed by atoms with Gasteiger partial charge in [-0.25, -0.2) is 19.2 Å². The standard InChI is InChI=1S/C39H40O12/c1-5-35(40)48-22-18-44-29-14-16-31(33(26-29)46-20-24-50-37(42)7-3)39(28-12-10-9-11-13-28)32-17-15-30(45-19-23-49-36(41)6-2)27-34(32)47-21-25-51-38(43)8-4/h5-17,26-27,39H,1-4,18-25H2. The van der Waals surface area contributed by atoms with Crippen LogP contribution in [0.4, 0.5) is 0 Å². The number of hydrogen-bond donors (Lipinski definition) is 0. The van der Waals surface area contributed by atoms with E-state index in [2.05, 4.69) is 26.3 Å². The Morgan fingerprint density at radius 2 is 0.824 bits per heavy atom. The molecule has 0 aromatic heterocycles. The predicted octanol–water partition coefficient (Wildman–Crippen LogP) is 5.30. The molecular formula is C39H40O12. The maximum atomic E-state index is 11.7. The number of hydrogen-bond acceptors (Lipinski definition) is 12. The zero-order chi connectivity index (χ0) is 36.8. The third kappa shape index (κ3) is 13.3. The highest BCUT2D eigenvalue weighted by Crippen LogP contribution is 2.43. The fourth-order valence-corrected chi connectivity index (χ4v) is 4.54. The Hall–Kier alpha value is -6.30. The molecule has 0 aliphatic carbocycles. The van der Waals surface area contributed by atoms with E-state index >= 15 is 0 Å². The second-order valence-corrected chi connectivity index (χ2v) is 10.1. The summed E-state index contributed by atoms with van der Waals surface area (Å²) in [6.45, 7) is 13.6. The van der Waals surface area contributed by atoms with Gasteiger partial charge in [-0.15, -0.1) is 0 Å². The number of esters is 4. The highest BCUT2D eigenvalue weighted by atomic mass is 16.6. The zero-order valence-electron chi connectivity index (χ0n) is 28.1. The first kappa shape index (κ1) is 39.1. The summed E-state index contributed by atoms with van der Waals surface area (Å²) in [5.41, 5.74) is 2.28. The van der Waals surface area contributed by atoms with E-state index in [1.165, 1.54) is 0 Å². The van der Waals surface area contributed by atoms with Crippen molar-refractivity contribution in [3.63, 3.8) is 0 Å². The van der Waals surface area contributed by atoms with Gasteiger partial charge >= 0.3 is 23.9 Å². The topological polar surface area (TPSA) is 142 Å². The number of benzene rings is 3. The smallest absolute Gasteiger partial charge is 0.330 e. The molecule has 0 aliphatic heterocycles. The highest BCUT2D eigenvalue weighted by Gasteiger charge is 2.25. The third-order valence-electron chi connectivity index (χ3n) is 6.75. The molecule has 0 spiro atoms. The van der Waals surface area contributed by atoms with Crippen LogP contribution in [0, 0.1) is 0 Å². The minimum absolute atomic E-state index is 0.000852. The lowest BCUT2D eigenvalue weighted by Crippen LogP contribution is -2.15. The van der Waals surface area contributed by atoms with Gasteiger partial charge in [-0.1, -0.05) is 68.8 Å². The molecular weight excluding hydrogens is 660 g/mol. The molecule has 0 N–H and O–H groups in total. The van der Waals surface area contributed by atoms with Crippen LogP contribution in [-0.2, 0) is 38.1 Å². The van der Waals surface area contributed by atoms with Gasteiger partial charge < -0.3 is 37.9 Å². The van der Waals surface area contributed by atoms with Crippen molar-refractivity contribution in [1.29, 1.82) is 0 Å². The van der Waals surface area contributed by atoms with Crippen LogP contribution in [0.3, 0.4) is 0 Å². The molecule has 12 nitrogen and oxygen atoms in total. The molecule has 0 heterocycles. The lowest BCUT2D eigenvalue weighted by Gasteiger charge is -2.25. The Morgan fingerprint density at radius 1 is 0.471 bits per heavy atom. The Labute approximate surface area is 296 Å². The molecule has 0 radical (unpaired) electrons. The second kappa shape index (κ2) is 21.6. The Bertz CT molecular complexity index is 1560. The van der Waals surface area contributed by atoms with Gasteiger partial charge in [0.25, 0.3) is 0 Å². The summed E-state index contributed by atoms with van der Waals surface area (Å²) in [6, 6.07) is 20.1. The second-order valence-electron chi connectivity index (χ2n) is 10.1. The summed E-state index contributed by atoms with van der Waals surface area (Å²) in [6.07, 6.45) is 4.25. The summed E-state index contributed by atoms with van der Waals surface area (Å²) in [7, 11) is 0. The molecule has 12 heteroatoms. The molecule has 3 aromatic rings. The average Bonchev–Trinajstić information content (AvgIpc) is 3.16. The third-order valence-corrected chi connectivity index (χ3v) is 6.75. The summed E-state index contributed by atoms with van der Waals surface area (Å²) < 4.78 is 44.3. The molecule has 0 fully saturated rings. The van der Waals surface area contributed by atoms with Crippen molar-refractivity contribution >= 4 is 23.9 Å². The van der Waals surface area contributed by atoms with Crippen LogP contribution in [-0.4, -0.2) is 76.7 Å². The molecule has 3 aromatic carbocycles. The molecule has 0 unspecified atom stereocenters. The molecule has 268 valence electrons. The van der Waals surface area contributed by atoms with Gasteiger partial charge in [0, 0.05) is 53.5 Å². The van der Waals surface area contributed by atoms with Crippen molar-refractivity contribution in [1.82, 2.24) is 0 Å². The Morgan fingerprint density at radius 3 is 1.18 bits per heavy atom. The Kier molecular flexibility index (Phi) is 16.6. The van der Waals surface area contributed by atoms with Crippen LogP contribution < -0.4 is 18.9 Å². The summed E-state index contributed by atoms with van der Waals surface area (Å²) >= 11 is 0. The summed E-state index contributed by atoms with van der Waals surface area (Å²) in [4.78, 5) is 46.2. The van der Waals surface area contributed by atoms with Crippen molar-refractivity contribution < 1.29 is 57.1 Å². The number of ether oxygens (including phenoxy) is 8.